The van der Waals surface area contributed by atoms with E-state index in [1.807, 2.05) is 13.8 Å². The summed E-state index contributed by atoms with van der Waals surface area (Å²) in [6.07, 6.45) is -1.16. The average Bonchev–Trinajstić information content (AvgIpc) is 2.38. The normalized spacial score (nSPS) is 13.2. The highest BCUT2D eigenvalue weighted by molar-refractivity contribution is 7.86. The second-order valence-corrected chi connectivity index (χ2v) is 6.24. The van der Waals surface area contributed by atoms with Gasteiger partial charge in [0.1, 0.15) is 0 Å². The first-order valence-electron chi connectivity index (χ1n) is 6.47. The molecule has 0 aromatic heterocycles. The van der Waals surface area contributed by atoms with Crippen LogP contribution in [0.1, 0.15) is 39.2 Å². The maximum Gasteiger partial charge on any atom is 0.336 e. The zero-order valence-electron chi connectivity index (χ0n) is 12.1. The molecule has 0 aliphatic carbocycles. The second-order valence-electron chi connectivity index (χ2n) is 4.67. The third-order valence-corrected chi connectivity index (χ3v) is 4.12. The van der Waals surface area contributed by atoms with E-state index in [9.17, 15) is 13.2 Å². The van der Waals surface area contributed by atoms with Crippen LogP contribution in [-0.2, 0) is 23.8 Å². The Morgan fingerprint density at radius 2 is 1.70 bits per heavy atom. The molecule has 0 aliphatic heterocycles. The van der Waals surface area contributed by atoms with Gasteiger partial charge in [0.05, 0.1) is 11.5 Å². The molecule has 1 unspecified atom stereocenters. The first kappa shape index (κ1) is 16.7. The first-order chi connectivity index (χ1) is 9.27. The van der Waals surface area contributed by atoms with Crippen molar-refractivity contribution in [3.8, 4) is 0 Å². The average molecular weight is 300 g/mol. The highest BCUT2D eigenvalue weighted by Crippen LogP contribution is 2.19. The summed E-state index contributed by atoms with van der Waals surface area (Å²) in [5, 5.41) is 0. The number of carbonyl (C=O) groups excluding carboxylic acids is 1. The number of hydrogen-bond acceptors (Lipinski definition) is 5. The molecule has 0 saturated heterocycles. The predicted octanol–water partition coefficient (Wildman–Crippen LogP) is 2.47. The van der Waals surface area contributed by atoms with Crippen molar-refractivity contribution in [2.24, 2.45) is 0 Å². The van der Waals surface area contributed by atoms with E-state index >= 15 is 0 Å². The van der Waals surface area contributed by atoms with Gasteiger partial charge in [-0.05, 0) is 37.5 Å². The quantitative estimate of drug-likeness (QED) is 0.596. The molecule has 0 amide bonds. The number of rotatable bonds is 6. The fourth-order valence-corrected chi connectivity index (χ4v) is 2.60. The molecule has 0 N–H and O–H groups in total. The Balaban J connectivity index is 2.86. The summed E-state index contributed by atoms with van der Waals surface area (Å²) in [5.41, 5.74) is 1.03. The maximum absolute atomic E-state index is 12.0. The molecule has 0 spiro atoms. The van der Waals surface area contributed by atoms with E-state index in [-0.39, 0.29) is 11.5 Å². The van der Waals surface area contributed by atoms with Gasteiger partial charge < -0.3 is 4.74 Å². The van der Waals surface area contributed by atoms with Crippen LogP contribution in [0.25, 0.3) is 0 Å². The molecule has 0 bridgehead atoms. The van der Waals surface area contributed by atoms with Crippen LogP contribution in [0.2, 0.25) is 0 Å². The smallest absolute Gasteiger partial charge is 0.336 e. The van der Waals surface area contributed by atoms with Crippen molar-refractivity contribution in [3.63, 3.8) is 0 Å². The molecule has 1 aromatic carbocycles. The van der Waals surface area contributed by atoms with Gasteiger partial charge in [0, 0.05) is 0 Å². The number of carbonyl (C=O) groups is 1. The fourth-order valence-electron chi connectivity index (χ4n) is 1.56. The molecule has 0 radical (unpaired) electrons. The van der Waals surface area contributed by atoms with E-state index in [1.54, 1.807) is 19.1 Å². The minimum Gasteiger partial charge on any atom is -0.464 e. The van der Waals surface area contributed by atoms with Crippen LogP contribution in [0.15, 0.2) is 29.2 Å². The van der Waals surface area contributed by atoms with Crippen molar-refractivity contribution in [2.75, 3.05) is 6.61 Å². The molecule has 0 fully saturated rings. The number of hydrogen-bond donors (Lipinski definition) is 0. The Bertz CT molecular complexity index is 545. The molecule has 1 aromatic rings. The molecule has 5 nitrogen and oxygen atoms in total. The molecule has 0 aliphatic rings. The van der Waals surface area contributed by atoms with Crippen molar-refractivity contribution < 1.29 is 22.1 Å². The summed E-state index contributed by atoms with van der Waals surface area (Å²) in [6, 6.07) is 6.41. The molecule has 112 valence electrons. The van der Waals surface area contributed by atoms with E-state index in [4.69, 9.17) is 8.92 Å². The van der Waals surface area contributed by atoms with Crippen LogP contribution in [0.5, 0.6) is 0 Å². The molecule has 1 rings (SSSR count). The lowest BCUT2D eigenvalue weighted by Gasteiger charge is -2.12. The summed E-state index contributed by atoms with van der Waals surface area (Å²) in [5.74, 6) is -0.388. The highest BCUT2D eigenvalue weighted by atomic mass is 32.2. The number of benzene rings is 1. The largest absolute Gasteiger partial charge is 0.464 e. The van der Waals surface area contributed by atoms with Gasteiger partial charge >= 0.3 is 5.97 Å². The maximum atomic E-state index is 12.0. The van der Waals surface area contributed by atoms with Crippen molar-refractivity contribution in [1.29, 1.82) is 0 Å². The van der Waals surface area contributed by atoms with Crippen LogP contribution in [0.4, 0.5) is 0 Å². The molecule has 6 heteroatoms. The van der Waals surface area contributed by atoms with Crippen molar-refractivity contribution in [3.05, 3.63) is 29.8 Å². The van der Waals surface area contributed by atoms with Gasteiger partial charge in [0.25, 0.3) is 10.1 Å². The summed E-state index contributed by atoms with van der Waals surface area (Å²) in [7, 11) is -3.97. The van der Waals surface area contributed by atoms with Crippen LogP contribution >= 0.6 is 0 Å². The van der Waals surface area contributed by atoms with E-state index in [0.29, 0.717) is 5.92 Å². The summed E-state index contributed by atoms with van der Waals surface area (Å²) in [4.78, 5) is 11.4. The van der Waals surface area contributed by atoms with Crippen molar-refractivity contribution >= 4 is 16.1 Å². The van der Waals surface area contributed by atoms with Crippen LogP contribution in [-0.4, -0.2) is 27.1 Å². The predicted molar refractivity (Wildman–Crippen MR) is 74.9 cm³/mol. The van der Waals surface area contributed by atoms with Gasteiger partial charge in [-0.25, -0.2) is 4.79 Å². The van der Waals surface area contributed by atoms with E-state index < -0.39 is 22.2 Å². The van der Waals surface area contributed by atoms with Gasteiger partial charge in [-0.3, -0.25) is 4.18 Å². The van der Waals surface area contributed by atoms with Gasteiger partial charge in [0.15, 0.2) is 6.10 Å². The zero-order valence-corrected chi connectivity index (χ0v) is 12.9. The SMILES string of the molecule is CCOC(=O)C(C)OS(=O)(=O)c1ccc(C(C)C)cc1. The number of ether oxygens (including phenoxy) is 1. The van der Waals surface area contributed by atoms with Crippen LogP contribution in [0, 0.1) is 0 Å². The van der Waals surface area contributed by atoms with Crippen molar-refractivity contribution in [2.45, 2.75) is 44.6 Å². The third-order valence-electron chi connectivity index (χ3n) is 2.72. The zero-order chi connectivity index (χ0) is 15.3. The van der Waals surface area contributed by atoms with Crippen LogP contribution < -0.4 is 0 Å². The molecule has 0 heterocycles. The van der Waals surface area contributed by atoms with E-state index in [1.165, 1.54) is 19.1 Å². The molecule has 1 atom stereocenters. The Hall–Kier alpha value is -1.40. The Labute approximate surface area is 120 Å². The minimum atomic E-state index is -3.97. The lowest BCUT2D eigenvalue weighted by Crippen LogP contribution is -2.26. The van der Waals surface area contributed by atoms with Crippen LogP contribution in [0.3, 0.4) is 0 Å². The Morgan fingerprint density at radius 1 is 1.15 bits per heavy atom. The highest BCUT2D eigenvalue weighted by Gasteiger charge is 2.24. The fraction of sp³-hybridized carbons (Fsp3) is 0.500. The molecular weight excluding hydrogens is 280 g/mol. The second kappa shape index (κ2) is 6.85. The van der Waals surface area contributed by atoms with Crippen molar-refractivity contribution in [1.82, 2.24) is 0 Å². The standard InChI is InChI=1S/C14H20O5S/c1-5-18-14(15)11(4)19-20(16,17)13-8-6-12(7-9-13)10(2)3/h6-11H,5H2,1-4H3. The monoisotopic (exact) mass is 300 g/mol. The van der Waals surface area contributed by atoms with E-state index in [2.05, 4.69) is 0 Å². The number of esters is 1. The van der Waals surface area contributed by atoms with E-state index in [0.717, 1.165) is 5.56 Å². The lowest BCUT2D eigenvalue weighted by atomic mass is 10.0. The van der Waals surface area contributed by atoms with Gasteiger partial charge in [-0.2, -0.15) is 8.42 Å². The first-order valence-corrected chi connectivity index (χ1v) is 7.88. The Kier molecular flexibility index (Phi) is 5.71. The van der Waals surface area contributed by atoms with Gasteiger partial charge in [-0.1, -0.05) is 26.0 Å². The Morgan fingerprint density at radius 3 is 2.15 bits per heavy atom. The lowest BCUT2D eigenvalue weighted by molar-refractivity contribution is -0.150. The minimum absolute atomic E-state index is 0.0260. The molecular formula is C14H20O5S. The molecule has 0 saturated carbocycles. The molecule has 20 heavy (non-hydrogen) atoms. The summed E-state index contributed by atoms with van der Waals surface area (Å²) in [6.45, 7) is 7.20. The third kappa shape index (κ3) is 4.31. The van der Waals surface area contributed by atoms with Gasteiger partial charge in [-0.15, -0.1) is 0 Å². The van der Waals surface area contributed by atoms with Gasteiger partial charge in [0.2, 0.25) is 0 Å². The summed E-state index contributed by atoms with van der Waals surface area (Å²) >= 11 is 0. The summed E-state index contributed by atoms with van der Waals surface area (Å²) < 4.78 is 33.5. The topological polar surface area (TPSA) is 69.7 Å².